The van der Waals surface area contributed by atoms with Crippen LogP contribution in [0.2, 0.25) is 0 Å². The Kier molecular flexibility index (Phi) is 3.74. The molecule has 0 atom stereocenters. The molecule has 0 saturated heterocycles. The summed E-state index contributed by atoms with van der Waals surface area (Å²) in [6, 6.07) is 0. The highest BCUT2D eigenvalue weighted by atomic mass is 16.5. The molecule has 2 rings (SSSR count). The standard InChI is InChI=1S/C10H16N8O/c1-6-13-7(17-19-6)5-12-9-14-8(11-2)15-10(16-9)18(3)4/h5H2,1-4H3,(H2,11,12,14,15,16). The topological polar surface area (TPSA) is 105 Å². The van der Waals surface area contributed by atoms with Crippen molar-refractivity contribution in [3.63, 3.8) is 0 Å². The zero-order valence-corrected chi connectivity index (χ0v) is 11.3. The van der Waals surface area contributed by atoms with E-state index in [0.29, 0.717) is 36.1 Å². The maximum absolute atomic E-state index is 4.88. The van der Waals surface area contributed by atoms with Crippen LogP contribution in [0.3, 0.4) is 0 Å². The maximum Gasteiger partial charge on any atom is 0.231 e. The lowest BCUT2D eigenvalue weighted by atomic mass is 10.6. The fourth-order valence-electron chi connectivity index (χ4n) is 1.33. The van der Waals surface area contributed by atoms with Crippen LogP contribution in [0.1, 0.15) is 11.7 Å². The van der Waals surface area contributed by atoms with E-state index in [1.807, 2.05) is 14.1 Å². The van der Waals surface area contributed by atoms with Gasteiger partial charge in [-0.1, -0.05) is 5.16 Å². The van der Waals surface area contributed by atoms with Gasteiger partial charge in [0.1, 0.15) is 0 Å². The predicted molar refractivity (Wildman–Crippen MR) is 70.1 cm³/mol. The molecule has 0 aliphatic rings. The fourth-order valence-corrected chi connectivity index (χ4v) is 1.33. The fraction of sp³-hybridized carbons (Fsp3) is 0.500. The summed E-state index contributed by atoms with van der Waals surface area (Å²) in [6.45, 7) is 2.13. The van der Waals surface area contributed by atoms with E-state index in [0.717, 1.165) is 0 Å². The first-order chi connectivity index (χ1) is 9.08. The molecule has 2 aromatic heterocycles. The molecule has 0 aromatic carbocycles. The van der Waals surface area contributed by atoms with Gasteiger partial charge in [-0.2, -0.15) is 19.9 Å². The quantitative estimate of drug-likeness (QED) is 0.787. The van der Waals surface area contributed by atoms with Gasteiger partial charge >= 0.3 is 0 Å². The molecule has 102 valence electrons. The van der Waals surface area contributed by atoms with Gasteiger partial charge in [-0.15, -0.1) is 0 Å². The molecule has 0 amide bonds. The van der Waals surface area contributed by atoms with Crippen molar-refractivity contribution >= 4 is 17.8 Å². The first-order valence-corrected chi connectivity index (χ1v) is 5.72. The summed E-state index contributed by atoms with van der Waals surface area (Å²) in [7, 11) is 5.48. The lowest BCUT2D eigenvalue weighted by Crippen LogP contribution is -2.16. The van der Waals surface area contributed by atoms with Crippen molar-refractivity contribution in [1.82, 2.24) is 25.1 Å². The second-order valence-corrected chi connectivity index (χ2v) is 4.01. The number of anilines is 3. The van der Waals surface area contributed by atoms with E-state index in [-0.39, 0.29) is 0 Å². The Morgan fingerprint density at radius 2 is 1.84 bits per heavy atom. The summed E-state index contributed by atoms with van der Waals surface area (Å²) in [5.41, 5.74) is 0. The van der Waals surface area contributed by atoms with E-state index in [4.69, 9.17) is 4.52 Å². The van der Waals surface area contributed by atoms with Gasteiger partial charge < -0.3 is 20.1 Å². The minimum Gasteiger partial charge on any atom is -0.357 e. The SMILES string of the molecule is CNc1nc(NCc2noc(C)n2)nc(N(C)C)n1. The van der Waals surface area contributed by atoms with Crippen LogP contribution in [0.15, 0.2) is 4.52 Å². The molecule has 0 aliphatic heterocycles. The van der Waals surface area contributed by atoms with Crippen LogP contribution >= 0.6 is 0 Å². The van der Waals surface area contributed by atoms with Crippen molar-refractivity contribution in [2.24, 2.45) is 0 Å². The average Bonchev–Trinajstić information content (AvgIpc) is 2.81. The van der Waals surface area contributed by atoms with Crippen molar-refractivity contribution in [1.29, 1.82) is 0 Å². The number of aromatic nitrogens is 5. The third-order valence-corrected chi connectivity index (χ3v) is 2.22. The molecule has 0 unspecified atom stereocenters. The first-order valence-electron chi connectivity index (χ1n) is 5.72. The summed E-state index contributed by atoms with van der Waals surface area (Å²) < 4.78 is 4.88. The number of nitrogens with one attached hydrogen (secondary N) is 2. The molecule has 0 bridgehead atoms. The minimum atomic E-state index is 0.386. The zero-order chi connectivity index (χ0) is 13.8. The molecular weight excluding hydrogens is 248 g/mol. The molecular formula is C10H16N8O. The van der Waals surface area contributed by atoms with Crippen molar-refractivity contribution in [2.75, 3.05) is 36.7 Å². The van der Waals surface area contributed by atoms with Gasteiger partial charge in [-0.3, -0.25) is 0 Å². The van der Waals surface area contributed by atoms with E-state index in [1.54, 1.807) is 18.9 Å². The number of nitrogens with zero attached hydrogens (tertiary/aromatic N) is 6. The number of hydrogen-bond acceptors (Lipinski definition) is 9. The van der Waals surface area contributed by atoms with Crippen molar-refractivity contribution < 1.29 is 4.52 Å². The number of aryl methyl sites for hydroxylation is 1. The monoisotopic (exact) mass is 264 g/mol. The van der Waals surface area contributed by atoms with Crippen LogP contribution in [-0.4, -0.2) is 46.2 Å². The van der Waals surface area contributed by atoms with Crippen LogP contribution in [0, 0.1) is 6.92 Å². The summed E-state index contributed by atoms with van der Waals surface area (Å²) in [5.74, 6) is 2.58. The molecule has 0 spiro atoms. The summed E-state index contributed by atoms with van der Waals surface area (Å²) in [6.07, 6.45) is 0. The van der Waals surface area contributed by atoms with Crippen LogP contribution in [-0.2, 0) is 6.54 Å². The largest absolute Gasteiger partial charge is 0.357 e. The summed E-state index contributed by atoms with van der Waals surface area (Å²) in [4.78, 5) is 18.6. The van der Waals surface area contributed by atoms with Crippen molar-refractivity contribution in [2.45, 2.75) is 13.5 Å². The third kappa shape index (κ3) is 3.27. The van der Waals surface area contributed by atoms with E-state index in [1.165, 1.54) is 0 Å². The highest BCUT2D eigenvalue weighted by Crippen LogP contribution is 2.11. The molecule has 19 heavy (non-hydrogen) atoms. The molecule has 0 radical (unpaired) electrons. The number of hydrogen-bond donors (Lipinski definition) is 2. The minimum absolute atomic E-state index is 0.386. The summed E-state index contributed by atoms with van der Waals surface area (Å²) in [5, 5.41) is 9.70. The third-order valence-electron chi connectivity index (χ3n) is 2.22. The van der Waals surface area contributed by atoms with Gasteiger partial charge in [0.05, 0.1) is 6.54 Å². The lowest BCUT2D eigenvalue weighted by Gasteiger charge is -2.12. The molecule has 2 heterocycles. The molecule has 0 fully saturated rings. The molecule has 9 nitrogen and oxygen atoms in total. The average molecular weight is 264 g/mol. The Hall–Kier alpha value is -2.45. The second kappa shape index (κ2) is 5.46. The van der Waals surface area contributed by atoms with Gasteiger partial charge in [-0.25, -0.2) is 0 Å². The van der Waals surface area contributed by atoms with Crippen LogP contribution in [0.4, 0.5) is 17.8 Å². The lowest BCUT2D eigenvalue weighted by molar-refractivity contribution is 0.388. The van der Waals surface area contributed by atoms with E-state index in [2.05, 4.69) is 35.7 Å². The van der Waals surface area contributed by atoms with E-state index < -0.39 is 0 Å². The normalized spacial score (nSPS) is 10.3. The van der Waals surface area contributed by atoms with Gasteiger partial charge in [0.2, 0.25) is 23.7 Å². The van der Waals surface area contributed by atoms with Gasteiger partial charge in [-0.05, 0) is 0 Å². The van der Waals surface area contributed by atoms with Gasteiger partial charge in [0.25, 0.3) is 0 Å². The van der Waals surface area contributed by atoms with E-state index in [9.17, 15) is 0 Å². The Labute approximate surface area is 110 Å². The highest BCUT2D eigenvalue weighted by Gasteiger charge is 2.08. The Balaban J connectivity index is 2.12. The van der Waals surface area contributed by atoms with Crippen LogP contribution in [0.25, 0.3) is 0 Å². The van der Waals surface area contributed by atoms with Crippen molar-refractivity contribution in [3.8, 4) is 0 Å². The van der Waals surface area contributed by atoms with Gasteiger partial charge in [0, 0.05) is 28.1 Å². The first kappa shape index (κ1) is 13.0. The maximum atomic E-state index is 4.88. The molecule has 9 heteroatoms. The zero-order valence-electron chi connectivity index (χ0n) is 11.3. The summed E-state index contributed by atoms with van der Waals surface area (Å²) >= 11 is 0. The predicted octanol–water partition coefficient (Wildman–Crippen LogP) is 0.283. The number of rotatable bonds is 5. The van der Waals surface area contributed by atoms with Crippen molar-refractivity contribution in [3.05, 3.63) is 11.7 Å². The molecule has 2 aromatic rings. The highest BCUT2D eigenvalue weighted by molar-refractivity contribution is 5.42. The Bertz CT molecular complexity index is 552. The Morgan fingerprint density at radius 1 is 1.11 bits per heavy atom. The smallest absolute Gasteiger partial charge is 0.231 e. The molecule has 0 saturated carbocycles. The molecule has 2 N–H and O–H groups in total. The van der Waals surface area contributed by atoms with Crippen LogP contribution in [0.5, 0.6) is 0 Å². The molecule has 0 aliphatic carbocycles. The van der Waals surface area contributed by atoms with Gasteiger partial charge in [0.15, 0.2) is 5.82 Å². The second-order valence-electron chi connectivity index (χ2n) is 4.01. The van der Waals surface area contributed by atoms with Crippen LogP contribution < -0.4 is 15.5 Å². The Morgan fingerprint density at radius 3 is 2.42 bits per heavy atom. The van der Waals surface area contributed by atoms with E-state index >= 15 is 0 Å².